The Morgan fingerprint density at radius 3 is 0.622 bits per heavy atom. The molecule has 0 rings (SSSR count). The number of hydrogen-bond acceptors (Lipinski definition) is 0. The number of quaternary nitrogens is 2. The van der Waals surface area contributed by atoms with Crippen molar-refractivity contribution in [2.24, 2.45) is 0 Å². The molecule has 0 aromatic heterocycles. The highest BCUT2D eigenvalue weighted by atomic mass is 15.3. The molecule has 0 atom stereocenters. The van der Waals surface area contributed by atoms with Gasteiger partial charge in [-0.2, -0.15) is 0 Å². The average Bonchev–Trinajstić information content (AvgIpc) is 2.85. The summed E-state index contributed by atoms with van der Waals surface area (Å²) < 4.78 is 2.46. The predicted octanol–water partition coefficient (Wildman–Crippen LogP) is 10.9. The zero-order valence-electron chi connectivity index (χ0n) is 27.4. The molecule has 0 saturated heterocycles. The Balaban J connectivity index is 3.53. The van der Waals surface area contributed by atoms with Gasteiger partial charge >= 0.3 is 0 Å². The summed E-state index contributed by atoms with van der Waals surface area (Å²) in [4.78, 5) is 0. The molecule has 0 N–H and O–H groups in total. The first kappa shape index (κ1) is 36.9. The van der Waals surface area contributed by atoms with Crippen LogP contribution in [0.4, 0.5) is 0 Å². The summed E-state index contributed by atoms with van der Waals surface area (Å²) in [5.74, 6) is 0. The molecule has 0 heterocycles. The maximum Gasteiger partial charge on any atom is 0.0782 e. The van der Waals surface area contributed by atoms with E-state index in [4.69, 9.17) is 0 Å². The molecule has 0 aliphatic heterocycles. The molecular weight excluding hydrogens is 448 g/mol. The topological polar surface area (TPSA) is 0 Å². The van der Waals surface area contributed by atoms with Crippen molar-refractivity contribution in [3.63, 3.8) is 0 Å². The van der Waals surface area contributed by atoms with Gasteiger partial charge in [-0.25, -0.2) is 0 Å². The van der Waals surface area contributed by atoms with Crippen molar-refractivity contribution in [1.82, 2.24) is 0 Å². The van der Waals surface area contributed by atoms with E-state index in [2.05, 4.69) is 42.0 Å². The van der Waals surface area contributed by atoms with Gasteiger partial charge in [0.25, 0.3) is 0 Å². The van der Waals surface area contributed by atoms with Crippen molar-refractivity contribution in [2.45, 2.75) is 174 Å². The molecular formula is C35H76N2+2. The van der Waals surface area contributed by atoms with Gasteiger partial charge < -0.3 is 8.97 Å². The van der Waals surface area contributed by atoms with Gasteiger partial charge in [0.15, 0.2) is 0 Å². The third-order valence-corrected chi connectivity index (χ3v) is 8.76. The van der Waals surface area contributed by atoms with Crippen molar-refractivity contribution >= 4 is 0 Å². The molecule has 0 unspecified atom stereocenters. The number of rotatable bonds is 30. The molecule has 0 spiro atoms. The second kappa shape index (κ2) is 26.2. The molecule has 0 fully saturated rings. The lowest BCUT2D eigenvalue weighted by Gasteiger charge is -2.31. The lowest BCUT2D eigenvalue weighted by Crippen LogP contribution is -2.42. The second-order valence-electron chi connectivity index (χ2n) is 13.9. The zero-order chi connectivity index (χ0) is 27.5. The van der Waals surface area contributed by atoms with Gasteiger partial charge in [-0.15, -0.1) is 0 Å². The molecule has 0 amide bonds. The maximum atomic E-state index is 2.46. The highest BCUT2D eigenvalue weighted by Gasteiger charge is 2.16. The van der Waals surface area contributed by atoms with E-state index in [9.17, 15) is 0 Å². The molecule has 0 aliphatic rings. The van der Waals surface area contributed by atoms with Gasteiger partial charge in [0.1, 0.15) is 0 Å². The smallest absolute Gasteiger partial charge is 0.0782 e. The number of nitrogens with zero attached hydrogens (tertiary/aromatic N) is 2. The number of unbranched alkanes of at least 4 members (excludes halogenated alkanes) is 22. The normalized spacial score (nSPS) is 12.5. The van der Waals surface area contributed by atoms with Gasteiger partial charge in [0.2, 0.25) is 0 Å². The Morgan fingerprint density at radius 1 is 0.243 bits per heavy atom. The van der Waals surface area contributed by atoms with E-state index in [0.717, 1.165) is 0 Å². The molecule has 0 aromatic rings. The van der Waals surface area contributed by atoms with Crippen LogP contribution < -0.4 is 0 Å². The van der Waals surface area contributed by atoms with Gasteiger partial charge in [-0.3, -0.25) is 0 Å². The minimum atomic E-state index is 1.23. The standard InChI is InChI=1S/C35H76N2/c1-7-9-11-13-15-17-19-21-23-25-28-32-36(3,4)34-30-27-31-35-37(5,6)33-29-26-24-22-20-18-16-14-12-10-8-2/h7-35H2,1-6H3/q+2. The van der Waals surface area contributed by atoms with E-state index < -0.39 is 0 Å². The highest BCUT2D eigenvalue weighted by Crippen LogP contribution is 2.15. The Morgan fingerprint density at radius 2 is 0.405 bits per heavy atom. The van der Waals surface area contributed by atoms with Crippen LogP contribution in [-0.4, -0.2) is 63.3 Å². The fraction of sp³-hybridized carbons (Fsp3) is 1.00. The summed E-state index contributed by atoms with van der Waals surface area (Å²) in [6.07, 6.45) is 36.1. The van der Waals surface area contributed by atoms with Crippen LogP contribution in [0.15, 0.2) is 0 Å². The minimum Gasteiger partial charge on any atom is -0.328 e. The molecule has 224 valence electrons. The molecule has 0 aliphatic carbocycles. The monoisotopic (exact) mass is 525 g/mol. The van der Waals surface area contributed by atoms with Crippen LogP contribution in [0, 0.1) is 0 Å². The first-order valence-corrected chi connectivity index (χ1v) is 17.5. The van der Waals surface area contributed by atoms with Crippen LogP contribution in [0.3, 0.4) is 0 Å². The van der Waals surface area contributed by atoms with Crippen molar-refractivity contribution in [1.29, 1.82) is 0 Å². The van der Waals surface area contributed by atoms with Crippen LogP contribution in [0.1, 0.15) is 174 Å². The second-order valence-corrected chi connectivity index (χ2v) is 13.9. The summed E-state index contributed by atoms with van der Waals surface area (Å²) in [7, 11) is 9.84. The quantitative estimate of drug-likeness (QED) is 0.0647. The Labute approximate surface area is 237 Å². The first-order valence-electron chi connectivity index (χ1n) is 17.5. The SMILES string of the molecule is CCCCCCCCCCCCC[N+](C)(C)CCCCC[N+](C)(C)CCCCCCCCCCCCC. The van der Waals surface area contributed by atoms with Crippen molar-refractivity contribution < 1.29 is 8.97 Å². The maximum absolute atomic E-state index is 2.46. The molecule has 0 radical (unpaired) electrons. The van der Waals surface area contributed by atoms with E-state index >= 15 is 0 Å². The Hall–Kier alpha value is -0.0800. The Kier molecular flexibility index (Phi) is 26.1. The summed E-state index contributed by atoms with van der Waals surface area (Å²) in [6.45, 7) is 10.1. The summed E-state index contributed by atoms with van der Waals surface area (Å²) in [6, 6.07) is 0. The minimum absolute atomic E-state index is 1.23. The van der Waals surface area contributed by atoms with E-state index in [1.54, 1.807) is 0 Å². The summed E-state index contributed by atoms with van der Waals surface area (Å²) in [5.41, 5.74) is 0. The Bertz CT molecular complexity index is 403. The number of hydrogen-bond donors (Lipinski definition) is 0. The van der Waals surface area contributed by atoms with E-state index in [-0.39, 0.29) is 0 Å². The van der Waals surface area contributed by atoms with Gasteiger partial charge in [0.05, 0.1) is 54.4 Å². The molecule has 2 nitrogen and oxygen atoms in total. The van der Waals surface area contributed by atoms with Gasteiger partial charge in [-0.05, 0) is 44.9 Å². The van der Waals surface area contributed by atoms with Crippen LogP contribution in [0.25, 0.3) is 0 Å². The third kappa shape index (κ3) is 28.7. The molecule has 37 heavy (non-hydrogen) atoms. The van der Waals surface area contributed by atoms with Gasteiger partial charge in [-0.1, -0.05) is 129 Å². The molecule has 2 heteroatoms. The van der Waals surface area contributed by atoms with Crippen molar-refractivity contribution in [2.75, 3.05) is 54.4 Å². The molecule has 0 saturated carbocycles. The summed E-state index contributed by atoms with van der Waals surface area (Å²) in [5, 5.41) is 0. The van der Waals surface area contributed by atoms with Gasteiger partial charge in [0, 0.05) is 0 Å². The fourth-order valence-corrected chi connectivity index (χ4v) is 5.89. The van der Waals surface area contributed by atoms with E-state index in [1.807, 2.05) is 0 Å². The van der Waals surface area contributed by atoms with Crippen LogP contribution >= 0.6 is 0 Å². The third-order valence-electron chi connectivity index (χ3n) is 8.76. The largest absolute Gasteiger partial charge is 0.328 e. The van der Waals surface area contributed by atoms with Crippen LogP contribution in [0.5, 0.6) is 0 Å². The van der Waals surface area contributed by atoms with E-state index in [0.29, 0.717) is 0 Å². The van der Waals surface area contributed by atoms with Crippen LogP contribution in [-0.2, 0) is 0 Å². The van der Waals surface area contributed by atoms with Crippen molar-refractivity contribution in [3.8, 4) is 0 Å². The fourth-order valence-electron chi connectivity index (χ4n) is 5.89. The molecule has 0 bridgehead atoms. The average molecular weight is 525 g/mol. The van der Waals surface area contributed by atoms with E-state index in [1.165, 1.54) is 196 Å². The zero-order valence-corrected chi connectivity index (χ0v) is 27.4. The van der Waals surface area contributed by atoms with Crippen LogP contribution in [0.2, 0.25) is 0 Å². The van der Waals surface area contributed by atoms with Crippen molar-refractivity contribution in [3.05, 3.63) is 0 Å². The lowest BCUT2D eigenvalue weighted by atomic mass is 10.1. The summed E-state index contributed by atoms with van der Waals surface area (Å²) >= 11 is 0. The first-order chi connectivity index (χ1) is 17.8. The lowest BCUT2D eigenvalue weighted by molar-refractivity contribution is -0.892. The highest BCUT2D eigenvalue weighted by molar-refractivity contribution is 4.51. The molecule has 0 aromatic carbocycles. The predicted molar refractivity (Wildman–Crippen MR) is 170 cm³/mol.